The molecule has 0 unspecified atom stereocenters. The summed E-state index contributed by atoms with van der Waals surface area (Å²) in [5.74, 6) is 0.675. The zero-order valence-corrected chi connectivity index (χ0v) is 12.4. The molecule has 0 spiro atoms. The van der Waals surface area contributed by atoms with Gasteiger partial charge in [-0.05, 0) is 17.7 Å². The maximum Gasteiger partial charge on any atom is 0.225 e. The Hall–Kier alpha value is -1.66. The van der Waals surface area contributed by atoms with Gasteiger partial charge in [-0.3, -0.25) is 4.79 Å². The van der Waals surface area contributed by atoms with Crippen molar-refractivity contribution < 1.29 is 14.6 Å². The molecule has 1 amide bonds. The average Bonchev–Trinajstić information content (AvgIpc) is 2.45. The van der Waals surface area contributed by atoms with E-state index >= 15 is 0 Å². The van der Waals surface area contributed by atoms with Gasteiger partial charge in [-0.25, -0.2) is 0 Å². The minimum Gasteiger partial charge on any atom is -0.493 e. The lowest BCUT2D eigenvalue weighted by atomic mass is 10.2. The quantitative estimate of drug-likeness (QED) is 0.702. The van der Waals surface area contributed by atoms with Crippen molar-refractivity contribution in [3.05, 3.63) is 29.8 Å². The number of thiocarbonyl (C=S) groups is 1. The van der Waals surface area contributed by atoms with Crippen molar-refractivity contribution in [2.75, 3.05) is 20.2 Å². The lowest BCUT2D eigenvalue weighted by Gasteiger charge is -2.16. The Kier molecular flexibility index (Phi) is 6.97. The predicted molar refractivity (Wildman–Crippen MR) is 81.5 cm³/mol. The summed E-state index contributed by atoms with van der Waals surface area (Å²) >= 11 is 4.77. The molecule has 20 heavy (non-hydrogen) atoms. The first kappa shape index (κ1) is 16.4. The zero-order chi connectivity index (χ0) is 15.0. The van der Waals surface area contributed by atoms with Gasteiger partial charge in [-0.15, -0.1) is 0 Å². The summed E-state index contributed by atoms with van der Waals surface area (Å²) in [5, 5.41) is 8.92. The Balaban J connectivity index is 2.28. The summed E-state index contributed by atoms with van der Waals surface area (Å²) in [4.78, 5) is 13.8. The number of hydrogen-bond donors (Lipinski definition) is 2. The van der Waals surface area contributed by atoms with Gasteiger partial charge in [0.15, 0.2) is 0 Å². The number of benzene rings is 1. The third-order valence-electron chi connectivity index (χ3n) is 2.81. The number of carbonyl (C=O) groups is 1. The molecule has 0 aliphatic carbocycles. The smallest absolute Gasteiger partial charge is 0.225 e. The fourth-order valence-electron chi connectivity index (χ4n) is 1.54. The molecule has 0 aliphatic rings. The second-order valence-electron chi connectivity index (χ2n) is 4.43. The van der Waals surface area contributed by atoms with E-state index in [2.05, 4.69) is 0 Å². The van der Waals surface area contributed by atoms with Crippen molar-refractivity contribution in [3.63, 3.8) is 0 Å². The van der Waals surface area contributed by atoms with Gasteiger partial charge < -0.3 is 20.5 Å². The van der Waals surface area contributed by atoms with Crippen LogP contribution in [-0.2, 0) is 11.4 Å². The lowest BCUT2D eigenvalue weighted by Crippen LogP contribution is -2.30. The van der Waals surface area contributed by atoms with Crippen LogP contribution in [0.15, 0.2) is 24.3 Å². The van der Waals surface area contributed by atoms with Crippen molar-refractivity contribution >= 4 is 23.1 Å². The standard InChI is InChI=1S/C14H20N2O3S/c1-16(8-6-13(15)20)14(18)7-9-19-12-4-2-11(10-17)3-5-12/h2-5,17H,6-10H2,1H3,(H2,15,20). The Bertz CT molecular complexity index is 448. The van der Waals surface area contributed by atoms with E-state index in [1.807, 2.05) is 0 Å². The van der Waals surface area contributed by atoms with E-state index in [0.717, 1.165) is 5.56 Å². The highest BCUT2D eigenvalue weighted by Gasteiger charge is 2.08. The number of amides is 1. The SMILES string of the molecule is CN(CCC(N)=S)C(=O)CCOc1ccc(CO)cc1. The van der Waals surface area contributed by atoms with Crippen molar-refractivity contribution in [1.29, 1.82) is 0 Å². The third-order valence-corrected chi connectivity index (χ3v) is 3.01. The molecule has 6 heteroatoms. The van der Waals surface area contributed by atoms with Crippen molar-refractivity contribution in [3.8, 4) is 5.75 Å². The van der Waals surface area contributed by atoms with Gasteiger partial charge in [0.2, 0.25) is 5.91 Å². The van der Waals surface area contributed by atoms with Crippen LogP contribution in [0.1, 0.15) is 18.4 Å². The van der Waals surface area contributed by atoms with Crippen LogP contribution in [0.2, 0.25) is 0 Å². The average molecular weight is 296 g/mol. The summed E-state index contributed by atoms with van der Waals surface area (Å²) in [6.07, 6.45) is 0.830. The minimum atomic E-state index is -0.00627. The Morgan fingerprint density at radius 3 is 2.55 bits per heavy atom. The summed E-state index contributed by atoms with van der Waals surface area (Å²) < 4.78 is 5.47. The number of aliphatic hydroxyl groups excluding tert-OH is 1. The molecule has 0 bridgehead atoms. The number of hydrogen-bond acceptors (Lipinski definition) is 4. The maximum absolute atomic E-state index is 11.8. The Morgan fingerprint density at radius 1 is 1.35 bits per heavy atom. The van der Waals surface area contributed by atoms with Gasteiger partial charge in [0, 0.05) is 20.0 Å². The van der Waals surface area contributed by atoms with E-state index in [1.54, 1.807) is 36.2 Å². The molecule has 3 N–H and O–H groups in total. The number of aliphatic hydroxyl groups is 1. The van der Waals surface area contributed by atoms with Gasteiger partial charge in [0.05, 0.1) is 24.6 Å². The molecular formula is C14H20N2O3S. The molecule has 0 radical (unpaired) electrons. The molecule has 0 fully saturated rings. The summed E-state index contributed by atoms with van der Waals surface area (Å²) in [7, 11) is 1.72. The van der Waals surface area contributed by atoms with Crippen LogP contribution < -0.4 is 10.5 Å². The van der Waals surface area contributed by atoms with E-state index in [1.165, 1.54) is 0 Å². The molecule has 0 atom stereocenters. The van der Waals surface area contributed by atoms with E-state index in [-0.39, 0.29) is 12.5 Å². The van der Waals surface area contributed by atoms with Gasteiger partial charge in [-0.2, -0.15) is 0 Å². The van der Waals surface area contributed by atoms with Crippen LogP contribution in [0.3, 0.4) is 0 Å². The molecule has 110 valence electrons. The molecule has 0 saturated carbocycles. The van der Waals surface area contributed by atoms with Gasteiger partial charge in [0.25, 0.3) is 0 Å². The molecular weight excluding hydrogens is 276 g/mol. The van der Waals surface area contributed by atoms with Gasteiger partial charge in [-0.1, -0.05) is 24.4 Å². The molecule has 5 nitrogen and oxygen atoms in total. The lowest BCUT2D eigenvalue weighted by molar-refractivity contribution is -0.130. The first-order valence-corrected chi connectivity index (χ1v) is 6.78. The normalized spacial score (nSPS) is 10.1. The van der Waals surface area contributed by atoms with Crippen molar-refractivity contribution in [2.45, 2.75) is 19.4 Å². The predicted octanol–water partition coefficient (Wildman–Crippen LogP) is 1.08. The summed E-state index contributed by atoms with van der Waals surface area (Å²) in [6.45, 7) is 0.848. The van der Waals surface area contributed by atoms with Crippen molar-refractivity contribution in [2.24, 2.45) is 5.73 Å². The second kappa shape index (κ2) is 8.50. The molecule has 1 aromatic rings. The topological polar surface area (TPSA) is 75.8 Å². The first-order chi connectivity index (χ1) is 9.52. The highest BCUT2D eigenvalue weighted by atomic mass is 32.1. The number of nitrogens with zero attached hydrogens (tertiary/aromatic N) is 1. The number of rotatable bonds is 8. The maximum atomic E-state index is 11.8. The minimum absolute atomic E-state index is 0.00627. The highest BCUT2D eigenvalue weighted by Crippen LogP contribution is 2.12. The fourth-order valence-corrected chi connectivity index (χ4v) is 1.63. The molecule has 1 rings (SSSR count). The van der Waals surface area contributed by atoms with Crippen molar-refractivity contribution in [1.82, 2.24) is 4.90 Å². The van der Waals surface area contributed by atoms with Crippen LogP contribution >= 0.6 is 12.2 Å². The van der Waals surface area contributed by atoms with Crippen LogP contribution in [-0.4, -0.2) is 41.1 Å². The zero-order valence-electron chi connectivity index (χ0n) is 11.5. The van der Waals surface area contributed by atoms with Crippen LogP contribution in [0.4, 0.5) is 0 Å². The number of carbonyl (C=O) groups excluding carboxylic acids is 1. The summed E-state index contributed by atoms with van der Waals surface area (Å²) in [6, 6.07) is 7.11. The number of ether oxygens (including phenoxy) is 1. The second-order valence-corrected chi connectivity index (χ2v) is 4.96. The van der Waals surface area contributed by atoms with E-state index in [4.69, 9.17) is 27.8 Å². The Labute approximate surface area is 124 Å². The summed E-state index contributed by atoms with van der Waals surface area (Å²) in [5.41, 5.74) is 6.22. The van der Waals surface area contributed by atoms with E-state index in [0.29, 0.717) is 36.7 Å². The molecule has 0 heterocycles. The largest absolute Gasteiger partial charge is 0.493 e. The van der Waals surface area contributed by atoms with Crippen LogP contribution in [0.25, 0.3) is 0 Å². The first-order valence-electron chi connectivity index (χ1n) is 6.38. The Morgan fingerprint density at radius 2 is 2.00 bits per heavy atom. The molecule has 0 saturated heterocycles. The molecule has 0 aromatic heterocycles. The molecule has 1 aromatic carbocycles. The monoisotopic (exact) mass is 296 g/mol. The van der Waals surface area contributed by atoms with Gasteiger partial charge in [0.1, 0.15) is 5.75 Å². The van der Waals surface area contributed by atoms with E-state index in [9.17, 15) is 4.79 Å². The van der Waals surface area contributed by atoms with Crippen LogP contribution in [0, 0.1) is 0 Å². The van der Waals surface area contributed by atoms with Gasteiger partial charge >= 0.3 is 0 Å². The third kappa shape index (κ3) is 5.99. The van der Waals surface area contributed by atoms with Crippen LogP contribution in [0.5, 0.6) is 5.75 Å². The number of nitrogens with two attached hydrogens (primary N) is 1. The fraction of sp³-hybridized carbons (Fsp3) is 0.429. The van der Waals surface area contributed by atoms with E-state index < -0.39 is 0 Å². The highest BCUT2D eigenvalue weighted by molar-refractivity contribution is 7.80. The molecule has 0 aliphatic heterocycles.